The molecule has 1 aromatic rings. The predicted octanol–water partition coefficient (Wildman–Crippen LogP) is 4.65. The SMILES string of the molecule is CSc1cccc(NC2C3CC4CC(C3)CC2C4)c1. The first kappa shape index (κ1) is 12.1. The fourth-order valence-corrected chi connectivity index (χ4v) is 5.53. The van der Waals surface area contributed by atoms with Gasteiger partial charge in [0.2, 0.25) is 0 Å². The Morgan fingerprint density at radius 1 is 1.00 bits per heavy atom. The standard InChI is InChI=1S/C17H23NS/c1-19-16-4-2-3-15(10-16)18-17-13-6-11-5-12(8-13)9-14(17)7-11/h2-4,10-14,17-18H,5-9H2,1H3. The lowest BCUT2D eigenvalue weighted by atomic mass is 9.54. The van der Waals surface area contributed by atoms with Gasteiger partial charge in [0.25, 0.3) is 0 Å². The van der Waals surface area contributed by atoms with Crippen molar-refractivity contribution < 1.29 is 0 Å². The zero-order chi connectivity index (χ0) is 12.8. The Hall–Kier alpha value is -0.630. The molecule has 102 valence electrons. The van der Waals surface area contributed by atoms with Crippen molar-refractivity contribution >= 4 is 17.4 Å². The Balaban J connectivity index is 1.53. The first-order chi connectivity index (χ1) is 9.31. The molecule has 0 aliphatic heterocycles. The Morgan fingerprint density at radius 3 is 2.32 bits per heavy atom. The molecule has 4 bridgehead atoms. The largest absolute Gasteiger partial charge is 0.382 e. The quantitative estimate of drug-likeness (QED) is 0.805. The molecule has 0 radical (unpaired) electrons. The third-order valence-electron chi connectivity index (χ3n) is 5.63. The zero-order valence-corrected chi connectivity index (χ0v) is 12.5. The van der Waals surface area contributed by atoms with Crippen LogP contribution in [0.5, 0.6) is 0 Å². The van der Waals surface area contributed by atoms with E-state index in [4.69, 9.17) is 0 Å². The molecule has 0 unspecified atom stereocenters. The second kappa shape index (κ2) is 4.73. The van der Waals surface area contributed by atoms with Crippen molar-refractivity contribution in [1.29, 1.82) is 0 Å². The molecule has 2 heteroatoms. The third-order valence-corrected chi connectivity index (χ3v) is 6.36. The van der Waals surface area contributed by atoms with E-state index in [0.29, 0.717) is 0 Å². The van der Waals surface area contributed by atoms with Crippen LogP contribution >= 0.6 is 11.8 Å². The molecule has 5 rings (SSSR count). The van der Waals surface area contributed by atoms with Crippen molar-refractivity contribution in [3.63, 3.8) is 0 Å². The summed E-state index contributed by atoms with van der Waals surface area (Å²) in [5.41, 5.74) is 1.34. The minimum Gasteiger partial charge on any atom is -0.382 e. The van der Waals surface area contributed by atoms with E-state index in [1.165, 1.54) is 36.3 Å². The molecule has 1 nitrogen and oxygen atoms in total. The van der Waals surface area contributed by atoms with Crippen LogP contribution in [0.1, 0.15) is 32.1 Å². The molecule has 4 aliphatic rings. The number of anilines is 1. The number of hydrogen-bond acceptors (Lipinski definition) is 2. The predicted molar refractivity (Wildman–Crippen MR) is 82.7 cm³/mol. The molecule has 1 N–H and O–H groups in total. The van der Waals surface area contributed by atoms with E-state index in [2.05, 4.69) is 35.8 Å². The van der Waals surface area contributed by atoms with E-state index in [9.17, 15) is 0 Å². The molecule has 0 amide bonds. The summed E-state index contributed by atoms with van der Waals surface area (Å²) >= 11 is 1.83. The van der Waals surface area contributed by atoms with Gasteiger partial charge in [-0.05, 0) is 80.2 Å². The van der Waals surface area contributed by atoms with Crippen molar-refractivity contribution in [1.82, 2.24) is 0 Å². The van der Waals surface area contributed by atoms with E-state index < -0.39 is 0 Å². The summed E-state index contributed by atoms with van der Waals surface area (Å²) in [6.07, 6.45) is 9.67. The van der Waals surface area contributed by atoms with Crippen LogP contribution in [0.25, 0.3) is 0 Å². The maximum atomic E-state index is 3.89. The van der Waals surface area contributed by atoms with Gasteiger partial charge in [-0.25, -0.2) is 0 Å². The molecule has 0 saturated heterocycles. The van der Waals surface area contributed by atoms with Crippen LogP contribution in [0.15, 0.2) is 29.2 Å². The zero-order valence-electron chi connectivity index (χ0n) is 11.6. The van der Waals surface area contributed by atoms with Gasteiger partial charge < -0.3 is 5.32 Å². The Morgan fingerprint density at radius 2 is 1.68 bits per heavy atom. The van der Waals surface area contributed by atoms with Gasteiger partial charge in [-0.3, -0.25) is 0 Å². The molecule has 19 heavy (non-hydrogen) atoms. The van der Waals surface area contributed by atoms with Crippen LogP contribution in [-0.2, 0) is 0 Å². The van der Waals surface area contributed by atoms with Gasteiger partial charge in [0.05, 0.1) is 0 Å². The maximum Gasteiger partial charge on any atom is 0.0353 e. The average molecular weight is 273 g/mol. The summed E-state index contributed by atoms with van der Waals surface area (Å²) in [5, 5.41) is 3.89. The highest BCUT2D eigenvalue weighted by molar-refractivity contribution is 7.98. The number of rotatable bonds is 3. The van der Waals surface area contributed by atoms with E-state index >= 15 is 0 Å². The van der Waals surface area contributed by atoms with Crippen molar-refractivity contribution in [3.05, 3.63) is 24.3 Å². The molecule has 4 fully saturated rings. The van der Waals surface area contributed by atoms with Gasteiger partial charge in [-0.2, -0.15) is 0 Å². The Bertz CT molecular complexity index is 442. The van der Waals surface area contributed by atoms with Gasteiger partial charge >= 0.3 is 0 Å². The smallest absolute Gasteiger partial charge is 0.0353 e. The minimum absolute atomic E-state index is 0.755. The van der Waals surface area contributed by atoms with Crippen LogP contribution in [0.3, 0.4) is 0 Å². The topological polar surface area (TPSA) is 12.0 Å². The normalized spacial score (nSPS) is 39.5. The number of thioether (sulfide) groups is 1. The highest BCUT2D eigenvalue weighted by Gasteiger charge is 2.48. The van der Waals surface area contributed by atoms with Crippen LogP contribution in [0.2, 0.25) is 0 Å². The number of nitrogens with one attached hydrogen (secondary N) is 1. The molecule has 0 heterocycles. The molecule has 0 aromatic heterocycles. The van der Waals surface area contributed by atoms with Crippen molar-refractivity contribution in [3.8, 4) is 0 Å². The fourth-order valence-electron chi connectivity index (χ4n) is 5.07. The van der Waals surface area contributed by atoms with E-state index in [-0.39, 0.29) is 0 Å². The second-order valence-electron chi connectivity index (χ2n) is 6.83. The molecule has 4 aliphatic carbocycles. The van der Waals surface area contributed by atoms with E-state index in [0.717, 1.165) is 29.7 Å². The fraction of sp³-hybridized carbons (Fsp3) is 0.647. The summed E-state index contributed by atoms with van der Waals surface area (Å²) < 4.78 is 0. The molecular formula is C17H23NS. The van der Waals surface area contributed by atoms with Crippen LogP contribution in [-0.4, -0.2) is 12.3 Å². The lowest BCUT2D eigenvalue weighted by molar-refractivity contribution is 0.00753. The maximum absolute atomic E-state index is 3.89. The Labute approximate surface area is 120 Å². The highest BCUT2D eigenvalue weighted by Crippen LogP contribution is 2.54. The van der Waals surface area contributed by atoms with Gasteiger partial charge in [0, 0.05) is 16.6 Å². The van der Waals surface area contributed by atoms with Crippen molar-refractivity contribution in [2.24, 2.45) is 23.7 Å². The number of hydrogen-bond donors (Lipinski definition) is 1. The highest BCUT2D eigenvalue weighted by atomic mass is 32.2. The molecule has 1 aromatic carbocycles. The summed E-state index contributed by atoms with van der Waals surface area (Å²) in [5.74, 6) is 4.04. The average Bonchev–Trinajstić information content (AvgIpc) is 2.42. The lowest BCUT2D eigenvalue weighted by Gasteiger charge is -2.54. The van der Waals surface area contributed by atoms with Gasteiger partial charge in [0.15, 0.2) is 0 Å². The summed E-state index contributed by atoms with van der Waals surface area (Å²) in [4.78, 5) is 1.37. The molecule has 0 atom stereocenters. The first-order valence-corrected chi connectivity index (χ1v) is 8.95. The Kier molecular flexibility index (Phi) is 3.02. The monoisotopic (exact) mass is 273 g/mol. The molecule has 4 saturated carbocycles. The van der Waals surface area contributed by atoms with E-state index in [1.807, 2.05) is 11.8 Å². The summed E-state index contributed by atoms with van der Waals surface area (Å²) in [6.45, 7) is 0. The van der Waals surface area contributed by atoms with Gasteiger partial charge in [0.1, 0.15) is 0 Å². The summed E-state index contributed by atoms with van der Waals surface area (Å²) in [6, 6.07) is 9.70. The molecular weight excluding hydrogens is 250 g/mol. The van der Waals surface area contributed by atoms with Gasteiger partial charge in [-0.1, -0.05) is 6.07 Å². The third kappa shape index (κ3) is 2.18. The second-order valence-corrected chi connectivity index (χ2v) is 7.71. The lowest BCUT2D eigenvalue weighted by Crippen LogP contribution is -2.51. The van der Waals surface area contributed by atoms with Crippen LogP contribution in [0, 0.1) is 23.7 Å². The van der Waals surface area contributed by atoms with Crippen molar-refractivity contribution in [2.45, 2.75) is 43.0 Å². The van der Waals surface area contributed by atoms with Crippen molar-refractivity contribution in [2.75, 3.05) is 11.6 Å². The number of benzene rings is 1. The summed E-state index contributed by atoms with van der Waals surface area (Å²) in [7, 11) is 0. The minimum atomic E-state index is 0.755. The first-order valence-electron chi connectivity index (χ1n) is 7.72. The molecule has 0 spiro atoms. The van der Waals surface area contributed by atoms with E-state index in [1.54, 1.807) is 6.42 Å². The van der Waals surface area contributed by atoms with Gasteiger partial charge in [-0.15, -0.1) is 11.8 Å². The van der Waals surface area contributed by atoms with Crippen LogP contribution < -0.4 is 5.32 Å². The van der Waals surface area contributed by atoms with Crippen LogP contribution in [0.4, 0.5) is 5.69 Å².